The van der Waals surface area contributed by atoms with Crippen LogP contribution in [0.2, 0.25) is 0 Å². The van der Waals surface area contributed by atoms with E-state index >= 15 is 0 Å². The molecule has 0 heterocycles. The normalized spacial score (nSPS) is 13.9. The maximum absolute atomic E-state index is 9.61. The van der Waals surface area contributed by atoms with Crippen LogP contribution in [-0.2, 0) is 9.36 Å². The second-order valence-electron chi connectivity index (χ2n) is 0.934. The molecule has 40 valence electrons. The van der Waals surface area contributed by atoms with Gasteiger partial charge in [-0.3, -0.25) is 5.73 Å². The lowest BCUT2D eigenvalue weighted by Crippen LogP contribution is -2.22. The maximum atomic E-state index is 9.61. The molecule has 2 atom stereocenters. The Hall–Kier alpha value is -0.470. The molecule has 0 aromatic carbocycles. The van der Waals surface area contributed by atoms with Gasteiger partial charge in [0.2, 0.25) is 0 Å². The largest absolute Gasteiger partial charge is 0.477 e. The van der Waals surface area contributed by atoms with Crippen molar-refractivity contribution >= 4 is 14.4 Å². The van der Waals surface area contributed by atoms with Crippen molar-refractivity contribution in [3.8, 4) is 0 Å². The third-order valence-electron chi connectivity index (χ3n) is 0.393. The number of aliphatic carboxylic acids is 1. The van der Waals surface area contributed by atoms with E-state index < -0.39 is 20.2 Å². The zero-order chi connectivity index (χ0) is 5.86. The number of carboxylic acid groups (broad SMARTS) is 1. The molecule has 7 heavy (non-hydrogen) atoms. The lowest BCUT2D eigenvalue weighted by atomic mass is 10.7. The molecule has 0 fully saturated rings. The van der Waals surface area contributed by atoms with Gasteiger partial charge < -0.3 is 5.11 Å². The smallest absolute Gasteiger partial charge is 0.371 e. The number of nitrogens with two attached hydrogens (primary N) is 1. The van der Waals surface area contributed by atoms with E-state index in [-0.39, 0.29) is 0 Å². The highest BCUT2D eigenvalue weighted by atomic mass is 31.1. The Morgan fingerprint density at radius 1 is 1.86 bits per heavy atom. The summed E-state index contributed by atoms with van der Waals surface area (Å²) in [5, 5.41) is 7.86. The standard InChI is InChI=1S/C2H4NO3P/c3-1(7-6)2(4)5/h1H,3H2,(H,4,5)/p+1. The van der Waals surface area contributed by atoms with E-state index in [1.165, 1.54) is 0 Å². The van der Waals surface area contributed by atoms with Crippen molar-refractivity contribution in [2.24, 2.45) is 5.73 Å². The molecular weight excluding hydrogens is 117 g/mol. The Balaban J connectivity index is 3.55. The monoisotopic (exact) mass is 122 g/mol. The Morgan fingerprint density at radius 2 is 2.29 bits per heavy atom. The number of carboxylic acids is 1. The summed E-state index contributed by atoms with van der Waals surface area (Å²) in [5.74, 6) is -2.44. The molecule has 0 aliphatic rings. The molecular formula is C2H5NO3P+. The van der Waals surface area contributed by atoms with E-state index in [4.69, 9.17) is 10.8 Å². The van der Waals surface area contributed by atoms with Crippen molar-refractivity contribution in [2.45, 2.75) is 5.78 Å². The highest BCUT2D eigenvalue weighted by molar-refractivity contribution is 7.26. The molecule has 0 aliphatic carbocycles. The molecule has 0 amide bonds. The van der Waals surface area contributed by atoms with Gasteiger partial charge >= 0.3 is 14.4 Å². The topological polar surface area (TPSA) is 80.4 Å². The van der Waals surface area contributed by atoms with Crippen LogP contribution < -0.4 is 5.73 Å². The molecule has 0 aliphatic heterocycles. The Kier molecular flexibility index (Phi) is 2.48. The number of hydrogen-bond acceptors (Lipinski definition) is 3. The summed E-state index contributed by atoms with van der Waals surface area (Å²) in [5.41, 5.74) is 4.72. The van der Waals surface area contributed by atoms with E-state index in [0.717, 1.165) is 0 Å². The summed E-state index contributed by atoms with van der Waals surface area (Å²) in [4.78, 5) is 9.61. The van der Waals surface area contributed by atoms with E-state index in [1.807, 2.05) is 0 Å². The highest BCUT2D eigenvalue weighted by Gasteiger charge is 2.17. The summed E-state index contributed by atoms with van der Waals surface area (Å²) in [6.07, 6.45) is 0. The van der Waals surface area contributed by atoms with E-state index in [2.05, 4.69) is 0 Å². The Morgan fingerprint density at radius 3 is 2.29 bits per heavy atom. The van der Waals surface area contributed by atoms with Gasteiger partial charge in [-0.05, 0) is 0 Å². The molecule has 0 radical (unpaired) electrons. The predicted molar refractivity (Wildman–Crippen MR) is 24.6 cm³/mol. The summed E-state index contributed by atoms with van der Waals surface area (Å²) >= 11 is 0. The first-order valence-corrected chi connectivity index (χ1v) is 2.53. The molecule has 0 aromatic heterocycles. The van der Waals surface area contributed by atoms with Gasteiger partial charge in [-0.15, -0.1) is 0 Å². The van der Waals surface area contributed by atoms with Crippen LogP contribution in [0.1, 0.15) is 0 Å². The maximum Gasteiger partial charge on any atom is 0.371 e. The van der Waals surface area contributed by atoms with Gasteiger partial charge in [0.25, 0.3) is 5.78 Å². The molecule has 0 spiro atoms. The van der Waals surface area contributed by atoms with Crippen LogP contribution in [0.3, 0.4) is 0 Å². The number of rotatable bonds is 2. The van der Waals surface area contributed by atoms with Gasteiger partial charge in [-0.25, -0.2) is 4.79 Å². The van der Waals surface area contributed by atoms with Gasteiger partial charge in [-0.2, -0.15) is 0 Å². The van der Waals surface area contributed by atoms with Gasteiger partial charge in [0, 0.05) is 0 Å². The van der Waals surface area contributed by atoms with Gasteiger partial charge in [0.05, 0.1) is 0 Å². The zero-order valence-electron chi connectivity index (χ0n) is 3.42. The van der Waals surface area contributed by atoms with Gasteiger partial charge in [0.1, 0.15) is 0 Å². The molecule has 3 N–H and O–H groups in total. The first kappa shape index (κ1) is 6.53. The summed E-state index contributed by atoms with van der Waals surface area (Å²) in [6, 6.07) is 0. The fraction of sp³-hybridized carbons (Fsp3) is 0.500. The Labute approximate surface area is 41.5 Å². The quantitative estimate of drug-likeness (QED) is 0.478. The van der Waals surface area contributed by atoms with Crippen LogP contribution in [0.15, 0.2) is 0 Å². The zero-order valence-corrected chi connectivity index (χ0v) is 4.42. The minimum atomic E-state index is -1.23. The fourth-order valence-corrected chi connectivity index (χ4v) is 0.151. The second-order valence-corrected chi connectivity index (χ2v) is 1.79. The van der Waals surface area contributed by atoms with Crippen LogP contribution >= 0.6 is 8.46 Å². The third-order valence-corrected chi connectivity index (χ3v) is 0.894. The summed E-state index contributed by atoms with van der Waals surface area (Å²) < 4.78 is 9.59. The van der Waals surface area contributed by atoms with Gasteiger partial charge in [0.15, 0.2) is 0 Å². The lowest BCUT2D eigenvalue weighted by molar-refractivity contribution is -0.136. The summed E-state index contributed by atoms with van der Waals surface area (Å²) in [6.45, 7) is 0. The minimum absolute atomic E-state index is 0.960. The van der Waals surface area contributed by atoms with E-state index in [9.17, 15) is 9.36 Å². The SMILES string of the molecule is NC([PH+]=O)C(=O)O. The van der Waals surface area contributed by atoms with Crippen molar-refractivity contribution < 1.29 is 14.5 Å². The van der Waals surface area contributed by atoms with Gasteiger partial charge in [-0.1, -0.05) is 4.57 Å². The number of hydrogen-bond donors (Lipinski definition) is 2. The van der Waals surface area contributed by atoms with Crippen molar-refractivity contribution in [3.05, 3.63) is 0 Å². The van der Waals surface area contributed by atoms with Crippen LogP contribution in [0.25, 0.3) is 0 Å². The molecule has 0 rings (SSSR count). The van der Waals surface area contributed by atoms with E-state index in [1.54, 1.807) is 0 Å². The summed E-state index contributed by atoms with van der Waals surface area (Å²) in [7, 11) is -0.960. The number of carbonyl (C=O) groups is 1. The van der Waals surface area contributed by atoms with Crippen molar-refractivity contribution in [1.29, 1.82) is 0 Å². The molecule has 0 saturated heterocycles. The van der Waals surface area contributed by atoms with Crippen LogP contribution in [-0.4, -0.2) is 16.9 Å². The molecule has 2 unspecified atom stereocenters. The molecule has 0 aromatic rings. The van der Waals surface area contributed by atoms with Crippen molar-refractivity contribution in [1.82, 2.24) is 0 Å². The molecule has 4 nitrogen and oxygen atoms in total. The average molecular weight is 122 g/mol. The fourth-order valence-electron chi connectivity index (χ4n) is 0.0504. The van der Waals surface area contributed by atoms with Crippen molar-refractivity contribution in [3.63, 3.8) is 0 Å². The average Bonchev–Trinajstić information content (AvgIpc) is 1.65. The lowest BCUT2D eigenvalue weighted by Gasteiger charge is -1.80. The molecule has 0 saturated carbocycles. The second kappa shape index (κ2) is 2.66. The molecule has 5 heteroatoms. The first-order chi connectivity index (χ1) is 3.18. The first-order valence-electron chi connectivity index (χ1n) is 1.54. The van der Waals surface area contributed by atoms with Crippen LogP contribution in [0, 0.1) is 0 Å². The van der Waals surface area contributed by atoms with E-state index in [0.29, 0.717) is 0 Å². The Bertz CT molecular complexity index is 92.9. The highest BCUT2D eigenvalue weighted by Crippen LogP contribution is 1.96. The molecule has 0 bridgehead atoms. The minimum Gasteiger partial charge on any atom is -0.477 e. The van der Waals surface area contributed by atoms with Crippen LogP contribution in [0.5, 0.6) is 0 Å². The third kappa shape index (κ3) is 2.25. The van der Waals surface area contributed by atoms with Crippen molar-refractivity contribution in [2.75, 3.05) is 0 Å². The predicted octanol–water partition coefficient (Wildman–Crippen LogP) is -0.620. The van der Waals surface area contributed by atoms with Crippen LogP contribution in [0.4, 0.5) is 0 Å².